The zero-order chi connectivity index (χ0) is 22.3. The minimum atomic E-state index is -3.93. The summed E-state index contributed by atoms with van der Waals surface area (Å²) in [4.78, 5) is 14.5. The highest BCUT2D eigenvalue weighted by molar-refractivity contribution is 7.89. The average Bonchev–Trinajstić information content (AvgIpc) is 2.75. The number of carbonyl (C=O) groups excluding carboxylic acids is 1. The van der Waals surface area contributed by atoms with Crippen LogP contribution in [-0.2, 0) is 19.6 Å². The van der Waals surface area contributed by atoms with Gasteiger partial charge in [0.1, 0.15) is 11.9 Å². The number of halogens is 1. The molecule has 3 atom stereocenters. The first-order chi connectivity index (χ1) is 14.9. The molecule has 1 aromatic rings. The number of nitrogens with zero attached hydrogens (tertiary/aromatic N) is 1. The fourth-order valence-electron chi connectivity index (χ4n) is 3.76. The number of amides is 1. The summed E-state index contributed by atoms with van der Waals surface area (Å²) in [7, 11) is -3.93. The molecule has 3 N–H and O–H groups in total. The van der Waals surface area contributed by atoms with E-state index in [1.807, 2.05) is 0 Å². The topological polar surface area (TPSA) is 108 Å². The van der Waals surface area contributed by atoms with Gasteiger partial charge in [0.05, 0.1) is 30.1 Å². The van der Waals surface area contributed by atoms with Crippen molar-refractivity contribution in [3.8, 4) is 0 Å². The summed E-state index contributed by atoms with van der Waals surface area (Å²) in [5.74, 6) is -0.696. The minimum absolute atomic E-state index is 0.0877. The van der Waals surface area contributed by atoms with Gasteiger partial charge in [-0.1, -0.05) is 18.6 Å². The van der Waals surface area contributed by atoms with Gasteiger partial charge in [-0.05, 0) is 50.2 Å². The molecule has 1 saturated heterocycles. The first kappa shape index (κ1) is 23.8. The average molecular weight is 456 g/mol. The molecule has 2 heterocycles. The van der Waals surface area contributed by atoms with Crippen molar-refractivity contribution in [2.45, 2.75) is 48.8 Å². The number of sulfonamides is 1. The number of rotatable bonds is 9. The van der Waals surface area contributed by atoms with E-state index in [0.29, 0.717) is 6.54 Å². The second-order valence-electron chi connectivity index (χ2n) is 7.84. The van der Waals surface area contributed by atoms with E-state index in [1.54, 1.807) is 12.2 Å². The molecule has 172 valence electrons. The summed E-state index contributed by atoms with van der Waals surface area (Å²) in [5, 5.41) is 12.5. The molecule has 1 aromatic carbocycles. The second kappa shape index (κ2) is 11.1. The lowest BCUT2D eigenvalue weighted by atomic mass is 10.1. The Hall–Kier alpha value is -1.85. The molecule has 2 aliphatic heterocycles. The molecule has 0 spiro atoms. The van der Waals surface area contributed by atoms with E-state index >= 15 is 0 Å². The van der Waals surface area contributed by atoms with E-state index in [-0.39, 0.29) is 17.2 Å². The van der Waals surface area contributed by atoms with E-state index in [9.17, 15) is 22.7 Å². The zero-order valence-electron chi connectivity index (χ0n) is 17.4. The van der Waals surface area contributed by atoms with Gasteiger partial charge < -0.3 is 20.1 Å². The number of likely N-dealkylation sites (tertiary alicyclic amines) is 1. The Kier molecular flexibility index (Phi) is 8.56. The van der Waals surface area contributed by atoms with Gasteiger partial charge in [0.25, 0.3) is 0 Å². The Bertz CT molecular complexity index is 856. The highest BCUT2D eigenvalue weighted by Gasteiger charge is 2.31. The molecule has 0 aromatic heterocycles. The summed E-state index contributed by atoms with van der Waals surface area (Å²) in [6.45, 7) is 3.10. The van der Waals surface area contributed by atoms with Crippen LogP contribution in [0, 0.1) is 5.82 Å². The monoisotopic (exact) mass is 455 g/mol. The van der Waals surface area contributed by atoms with Gasteiger partial charge in [-0.25, -0.2) is 17.5 Å². The lowest BCUT2D eigenvalue weighted by Gasteiger charge is -2.31. The number of hydrogen-bond donors (Lipinski definition) is 3. The molecule has 10 heteroatoms. The van der Waals surface area contributed by atoms with Gasteiger partial charge in [0.2, 0.25) is 15.9 Å². The predicted octanol–water partition coefficient (Wildman–Crippen LogP) is 0.781. The number of benzene rings is 1. The molecule has 0 unspecified atom stereocenters. The maximum atomic E-state index is 13.1. The number of aliphatic hydroxyl groups is 1. The Morgan fingerprint density at radius 3 is 2.55 bits per heavy atom. The molecule has 8 nitrogen and oxygen atoms in total. The quantitative estimate of drug-likeness (QED) is 0.475. The lowest BCUT2D eigenvalue weighted by molar-refractivity contribution is -0.125. The third kappa shape index (κ3) is 7.08. The van der Waals surface area contributed by atoms with Gasteiger partial charge in [-0.3, -0.25) is 4.79 Å². The van der Waals surface area contributed by atoms with Crippen LogP contribution in [0.4, 0.5) is 4.39 Å². The number of carbonyl (C=O) groups is 1. The summed E-state index contributed by atoms with van der Waals surface area (Å²) in [6.07, 6.45) is 5.55. The Labute approximate surface area is 182 Å². The second-order valence-corrected chi connectivity index (χ2v) is 9.55. The van der Waals surface area contributed by atoms with Crippen LogP contribution < -0.4 is 10.0 Å². The number of nitrogens with one attached hydrogen (secondary N) is 2. The van der Waals surface area contributed by atoms with Crippen molar-refractivity contribution in [3.05, 3.63) is 42.2 Å². The number of hydrogen-bond acceptors (Lipinski definition) is 6. The molecular weight excluding hydrogens is 425 g/mol. The van der Waals surface area contributed by atoms with Crippen molar-refractivity contribution in [1.29, 1.82) is 0 Å². The van der Waals surface area contributed by atoms with Crippen molar-refractivity contribution in [2.75, 3.05) is 32.8 Å². The van der Waals surface area contributed by atoms with Gasteiger partial charge in [0, 0.05) is 13.1 Å². The van der Waals surface area contributed by atoms with Crippen LogP contribution in [0.15, 0.2) is 41.3 Å². The van der Waals surface area contributed by atoms with Crippen LogP contribution in [0.25, 0.3) is 0 Å². The van der Waals surface area contributed by atoms with Gasteiger partial charge >= 0.3 is 0 Å². The third-order valence-corrected chi connectivity index (χ3v) is 6.94. The van der Waals surface area contributed by atoms with E-state index in [4.69, 9.17) is 4.74 Å². The molecule has 0 radical (unpaired) electrons. The number of ether oxygens (including phenoxy) is 1. The van der Waals surface area contributed by atoms with Crippen LogP contribution in [0.2, 0.25) is 0 Å². The van der Waals surface area contributed by atoms with Crippen LogP contribution in [0.3, 0.4) is 0 Å². The Morgan fingerprint density at radius 2 is 1.87 bits per heavy atom. The molecule has 0 aliphatic carbocycles. The van der Waals surface area contributed by atoms with Crippen molar-refractivity contribution < 1.29 is 27.4 Å². The first-order valence-electron chi connectivity index (χ1n) is 10.6. The summed E-state index contributed by atoms with van der Waals surface area (Å²) < 4.78 is 46.2. The van der Waals surface area contributed by atoms with Crippen molar-refractivity contribution in [2.24, 2.45) is 0 Å². The molecule has 31 heavy (non-hydrogen) atoms. The standard InChI is InChI=1S/C21H30FN3O5S/c22-16-4-7-18(8-5-16)31(28,29)24-19-9-6-17(30-20(19)15-26)14-21(27)23-10-13-25-11-2-1-3-12-25/h4-9,17,19-20,24,26H,1-3,10-15H2,(H,23,27)/t17-,19+,20-/m1/s1. The molecule has 3 rings (SSSR count). The fourth-order valence-corrected chi connectivity index (χ4v) is 4.98. The predicted molar refractivity (Wildman–Crippen MR) is 113 cm³/mol. The SMILES string of the molecule is O=C(C[C@H]1C=C[C@H](NS(=O)(=O)c2ccc(F)cc2)[C@@H](CO)O1)NCCN1CCCCC1. The van der Waals surface area contributed by atoms with Gasteiger partial charge in [-0.15, -0.1) is 0 Å². The molecule has 1 fully saturated rings. The normalized spacial score (nSPS) is 24.8. The van der Waals surface area contributed by atoms with Gasteiger partial charge in [0.15, 0.2) is 0 Å². The molecule has 2 aliphatic rings. The number of piperidine rings is 1. The molecule has 1 amide bonds. The molecular formula is C21H30FN3O5S. The number of aliphatic hydroxyl groups excluding tert-OH is 1. The van der Waals surface area contributed by atoms with Gasteiger partial charge in [-0.2, -0.15) is 0 Å². The Balaban J connectivity index is 1.50. The molecule has 0 saturated carbocycles. The van der Waals surface area contributed by atoms with Crippen molar-refractivity contribution >= 4 is 15.9 Å². The van der Waals surface area contributed by atoms with Crippen LogP contribution in [-0.4, -0.2) is 75.4 Å². The van der Waals surface area contributed by atoms with E-state index in [2.05, 4.69) is 14.9 Å². The summed E-state index contributed by atoms with van der Waals surface area (Å²) in [6, 6.07) is 3.64. The van der Waals surface area contributed by atoms with Crippen molar-refractivity contribution in [1.82, 2.24) is 14.9 Å². The zero-order valence-corrected chi connectivity index (χ0v) is 18.2. The largest absolute Gasteiger partial charge is 0.394 e. The van der Waals surface area contributed by atoms with Crippen LogP contribution >= 0.6 is 0 Å². The highest BCUT2D eigenvalue weighted by Crippen LogP contribution is 2.18. The molecule has 0 bridgehead atoms. The summed E-state index contributed by atoms with van der Waals surface area (Å²) in [5.41, 5.74) is 0. The Morgan fingerprint density at radius 1 is 1.16 bits per heavy atom. The maximum Gasteiger partial charge on any atom is 0.241 e. The van der Waals surface area contributed by atoms with E-state index in [1.165, 1.54) is 19.3 Å². The minimum Gasteiger partial charge on any atom is -0.394 e. The third-order valence-electron chi connectivity index (χ3n) is 5.46. The smallest absolute Gasteiger partial charge is 0.241 e. The summed E-state index contributed by atoms with van der Waals surface area (Å²) >= 11 is 0. The van der Waals surface area contributed by atoms with E-state index < -0.39 is 40.7 Å². The van der Waals surface area contributed by atoms with E-state index in [0.717, 1.165) is 43.9 Å². The maximum absolute atomic E-state index is 13.1. The lowest BCUT2D eigenvalue weighted by Crippen LogP contribution is -2.49. The first-order valence-corrected chi connectivity index (χ1v) is 12.1. The van der Waals surface area contributed by atoms with Crippen molar-refractivity contribution in [3.63, 3.8) is 0 Å². The van der Waals surface area contributed by atoms with Crippen LogP contribution in [0.5, 0.6) is 0 Å². The fraction of sp³-hybridized carbons (Fsp3) is 0.571. The van der Waals surface area contributed by atoms with Crippen LogP contribution in [0.1, 0.15) is 25.7 Å². The highest BCUT2D eigenvalue weighted by atomic mass is 32.2.